The largest absolute Gasteiger partial charge is 0.271 e. The summed E-state index contributed by atoms with van der Waals surface area (Å²) in [5.41, 5.74) is 4.03. The number of halogens is 1. The van der Waals surface area contributed by atoms with Gasteiger partial charge < -0.3 is 0 Å². The van der Waals surface area contributed by atoms with Crippen molar-refractivity contribution in [1.82, 2.24) is 5.43 Å². The number of hydrogen-bond acceptors (Lipinski definition) is 3. The van der Waals surface area contributed by atoms with Crippen LogP contribution in [0, 0.1) is 18.8 Å². The van der Waals surface area contributed by atoms with Crippen molar-refractivity contribution < 1.29 is 0 Å². The summed E-state index contributed by atoms with van der Waals surface area (Å²) in [5, 5.41) is 0. The molecule has 76 valence electrons. The molecule has 1 heterocycles. The minimum atomic E-state index is 0.137. The van der Waals surface area contributed by atoms with Gasteiger partial charge in [0, 0.05) is 11.3 Å². The number of rotatable bonds is 3. The van der Waals surface area contributed by atoms with E-state index in [2.05, 4.69) is 46.2 Å². The van der Waals surface area contributed by atoms with E-state index < -0.39 is 0 Å². The standard InChI is InChI=1S/C10H13BrN2S/c1-3-4-5-8(13-12)9-6-7(2)10(11)14-9/h6,8,13H,5,12H2,1-2H3. The summed E-state index contributed by atoms with van der Waals surface area (Å²) in [6.45, 7) is 3.91. The molecule has 0 bridgehead atoms. The molecule has 4 heteroatoms. The van der Waals surface area contributed by atoms with Crippen LogP contribution in [0.4, 0.5) is 0 Å². The van der Waals surface area contributed by atoms with Gasteiger partial charge in [0.05, 0.1) is 9.83 Å². The molecular weight excluding hydrogens is 260 g/mol. The molecule has 0 aliphatic heterocycles. The molecule has 0 radical (unpaired) electrons. The monoisotopic (exact) mass is 272 g/mol. The lowest BCUT2D eigenvalue weighted by atomic mass is 10.1. The van der Waals surface area contributed by atoms with Gasteiger partial charge in [-0.15, -0.1) is 23.2 Å². The molecule has 0 aromatic carbocycles. The van der Waals surface area contributed by atoms with Crippen LogP contribution < -0.4 is 11.3 Å². The molecule has 1 aromatic rings. The van der Waals surface area contributed by atoms with Crippen LogP contribution in [0.5, 0.6) is 0 Å². The number of thiophene rings is 1. The molecule has 0 spiro atoms. The lowest BCUT2D eigenvalue weighted by Crippen LogP contribution is -2.27. The van der Waals surface area contributed by atoms with E-state index >= 15 is 0 Å². The molecule has 14 heavy (non-hydrogen) atoms. The zero-order chi connectivity index (χ0) is 10.6. The molecule has 0 saturated heterocycles. The van der Waals surface area contributed by atoms with Crippen molar-refractivity contribution in [2.75, 3.05) is 0 Å². The quantitative estimate of drug-likeness (QED) is 0.505. The Hall–Kier alpha value is -0.340. The minimum Gasteiger partial charge on any atom is -0.271 e. The van der Waals surface area contributed by atoms with Gasteiger partial charge in [-0.25, -0.2) is 0 Å². The van der Waals surface area contributed by atoms with Gasteiger partial charge in [0.2, 0.25) is 0 Å². The van der Waals surface area contributed by atoms with Crippen LogP contribution in [0.25, 0.3) is 0 Å². The van der Waals surface area contributed by atoms with Gasteiger partial charge in [0.1, 0.15) is 0 Å². The predicted molar refractivity (Wildman–Crippen MR) is 64.9 cm³/mol. The van der Waals surface area contributed by atoms with Crippen molar-refractivity contribution in [3.05, 3.63) is 20.3 Å². The van der Waals surface area contributed by atoms with Gasteiger partial charge >= 0.3 is 0 Å². The van der Waals surface area contributed by atoms with E-state index in [-0.39, 0.29) is 6.04 Å². The third-order valence-electron chi connectivity index (χ3n) is 1.90. The van der Waals surface area contributed by atoms with Crippen molar-refractivity contribution in [2.45, 2.75) is 26.3 Å². The average Bonchev–Trinajstić information content (AvgIpc) is 2.48. The molecule has 0 saturated carbocycles. The van der Waals surface area contributed by atoms with Gasteiger partial charge in [0.25, 0.3) is 0 Å². The van der Waals surface area contributed by atoms with Crippen LogP contribution in [-0.2, 0) is 0 Å². The van der Waals surface area contributed by atoms with Crippen LogP contribution in [-0.4, -0.2) is 0 Å². The summed E-state index contributed by atoms with van der Waals surface area (Å²) in [6.07, 6.45) is 0.749. The second kappa shape index (κ2) is 5.52. The lowest BCUT2D eigenvalue weighted by Gasteiger charge is -2.09. The Morgan fingerprint density at radius 3 is 2.86 bits per heavy atom. The fourth-order valence-electron chi connectivity index (χ4n) is 1.10. The molecule has 1 unspecified atom stereocenters. The Bertz CT molecular complexity index is 342. The minimum absolute atomic E-state index is 0.137. The predicted octanol–water partition coefficient (Wildman–Crippen LogP) is 2.74. The molecular formula is C10H13BrN2S. The van der Waals surface area contributed by atoms with Gasteiger partial charge in [-0.05, 0) is 41.4 Å². The molecule has 2 nitrogen and oxygen atoms in total. The molecule has 0 amide bonds. The van der Waals surface area contributed by atoms with Crippen LogP contribution in [0.1, 0.15) is 29.8 Å². The number of hydrazine groups is 1. The second-order valence-corrected chi connectivity index (χ2v) is 5.36. The maximum Gasteiger partial charge on any atom is 0.0731 e. The smallest absolute Gasteiger partial charge is 0.0731 e. The van der Waals surface area contributed by atoms with Gasteiger partial charge in [-0.3, -0.25) is 11.3 Å². The normalized spacial score (nSPS) is 12.0. The summed E-state index contributed by atoms with van der Waals surface area (Å²) in [5.74, 6) is 11.4. The van der Waals surface area contributed by atoms with E-state index in [1.54, 1.807) is 11.3 Å². The van der Waals surface area contributed by atoms with Crippen LogP contribution in [0.15, 0.2) is 9.85 Å². The van der Waals surface area contributed by atoms with Crippen LogP contribution in [0.2, 0.25) is 0 Å². The fraction of sp³-hybridized carbons (Fsp3) is 0.400. The molecule has 0 fully saturated rings. The van der Waals surface area contributed by atoms with Crippen molar-refractivity contribution in [2.24, 2.45) is 5.84 Å². The molecule has 1 aromatic heterocycles. The van der Waals surface area contributed by atoms with Gasteiger partial charge in [-0.1, -0.05) is 0 Å². The first kappa shape index (κ1) is 11.7. The molecule has 1 atom stereocenters. The maximum atomic E-state index is 5.48. The highest BCUT2D eigenvalue weighted by atomic mass is 79.9. The van der Waals surface area contributed by atoms with E-state index in [4.69, 9.17) is 5.84 Å². The first-order valence-corrected chi connectivity index (χ1v) is 5.91. The third kappa shape index (κ3) is 2.82. The Morgan fingerprint density at radius 1 is 1.71 bits per heavy atom. The molecule has 0 aliphatic rings. The Morgan fingerprint density at radius 2 is 2.43 bits per heavy atom. The van der Waals surface area contributed by atoms with E-state index in [9.17, 15) is 0 Å². The zero-order valence-electron chi connectivity index (χ0n) is 8.23. The SMILES string of the molecule is CC#CCC(NN)c1cc(C)c(Br)s1. The molecule has 1 rings (SSSR count). The summed E-state index contributed by atoms with van der Waals surface area (Å²) in [6, 6.07) is 2.27. The van der Waals surface area contributed by atoms with Gasteiger partial charge in [0.15, 0.2) is 0 Å². The highest BCUT2D eigenvalue weighted by Gasteiger charge is 2.12. The van der Waals surface area contributed by atoms with E-state index in [1.165, 1.54) is 10.4 Å². The topological polar surface area (TPSA) is 38.0 Å². The molecule has 0 aliphatic carbocycles. The van der Waals surface area contributed by atoms with Crippen molar-refractivity contribution in [3.8, 4) is 11.8 Å². The maximum absolute atomic E-state index is 5.48. The van der Waals surface area contributed by atoms with E-state index in [0.717, 1.165) is 10.2 Å². The lowest BCUT2D eigenvalue weighted by molar-refractivity contribution is 0.577. The van der Waals surface area contributed by atoms with Crippen molar-refractivity contribution in [3.63, 3.8) is 0 Å². The van der Waals surface area contributed by atoms with Crippen molar-refractivity contribution in [1.29, 1.82) is 0 Å². The third-order valence-corrected chi connectivity index (χ3v) is 4.15. The number of nitrogens with one attached hydrogen (secondary N) is 1. The summed E-state index contributed by atoms with van der Waals surface area (Å²) >= 11 is 5.20. The zero-order valence-corrected chi connectivity index (χ0v) is 10.6. The Kier molecular flexibility index (Phi) is 4.63. The van der Waals surface area contributed by atoms with Gasteiger partial charge in [-0.2, -0.15) is 0 Å². The number of aryl methyl sites for hydroxylation is 1. The summed E-state index contributed by atoms with van der Waals surface area (Å²) < 4.78 is 1.16. The van der Waals surface area contributed by atoms with Crippen molar-refractivity contribution >= 4 is 27.3 Å². The highest BCUT2D eigenvalue weighted by Crippen LogP contribution is 2.32. The van der Waals surface area contributed by atoms with Crippen LogP contribution in [0.3, 0.4) is 0 Å². The van der Waals surface area contributed by atoms with E-state index in [1.807, 2.05) is 6.92 Å². The van der Waals surface area contributed by atoms with Crippen LogP contribution >= 0.6 is 27.3 Å². The number of hydrogen-bond donors (Lipinski definition) is 2. The first-order valence-electron chi connectivity index (χ1n) is 4.30. The first-order chi connectivity index (χ1) is 6.69. The average molecular weight is 273 g/mol. The fourth-order valence-corrected chi connectivity index (χ4v) is 2.73. The van der Waals surface area contributed by atoms with E-state index in [0.29, 0.717) is 0 Å². The molecule has 3 N–H and O–H groups in total. The highest BCUT2D eigenvalue weighted by molar-refractivity contribution is 9.11. The second-order valence-electron chi connectivity index (χ2n) is 2.96. The Balaban J connectivity index is 2.81. The summed E-state index contributed by atoms with van der Waals surface area (Å²) in [7, 11) is 0. The Labute approximate surface area is 97.0 Å². The summed E-state index contributed by atoms with van der Waals surface area (Å²) in [4.78, 5) is 1.22. The number of nitrogens with two attached hydrogens (primary N) is 1.